The number of benzene rings is 1. The van der Waals surface area contributed by atoms with Crippen molar-refractivity contribution in [3.63, 3.8) is 0 Å². The van der Waals surface area contributed by atoms with E-state index in [0.717, 1.165) is 24.0 Å². The fraction of sp³-hybridized carbons (Fsp3) is 0.267. The molecule has 0 saturated carbocycles. The quantitative estimate of drug-likeness (QED) is 0.371. The van der Waals surface area contributed by atoms with Crippen LogP contribution in [0.2, 0.25) is 0 Å². The Balaban J connectivity index is 1.64. The highest BCUT2D eigenvalue weighted by Gasteiger charge is 1.99. The molecule has 0 fully saturated rings. The summed E-state index contributed by atoms with van der Waals surface area (Å²) in [6, 6.07) is 14.2. The molecule has 2 aromatic rings. The molecule has 0 radical (unpaired) electrons. The molecule has 2 N–H and O–H groups in total. The fourth-order valence-corrected chi connectivity index (χ4v) is 2.45. The molecule has 0 unspecified atom stereocenters. The van der Waals surface area contributed by atoms with Crippen molar-refractivity contribution in [2.45, 2.75) is 11.4 Å². The zero-order valence-electron chi connectivity index (χ0n) is 11.5. The van der Waals surface area contributed by atoms with Crippen LogP contribution in [0, 0.1) is 0 Å². The van der Waals surface area contributed by atoms with Crippen LogP contribution in [0.5, 0.6) is 0 Å². The topological polar surface area (TPSA) is 49.6 Å². The van der Waals surface area contributed by atoms with Crippen LogP contribution in [-0.4, -0.2) is 25.3 Å². The molecule has 0 amide bonds. The molecule has 0 aliphatic carbocycles. The van der Waals surface area contributed by atoms with E-state index in [1.807, 2.05) is 30.0 Å². The molecule has 5 heteroatoms. The zero-order chi connectivity index (χ0) is 14.0. The fourth-order valence-electron chi connectivity index (χ4n) is 1.66. The van der Waals surface area contributed by atoms with E-state index in [0.29, 0.717) is 6.54 Å². The second kappa shape index (κ2) is 8.32. The molecule has 0 aliphatic heterocycles. The van der Waals surface area contributed by atoms with E-state index < -0.39 is 0 Å². The van der Waals surface area contributed by atoms with Crippen LogP contribution >= 0.6 is 11.8 Å². The first-order valence-electron chi connectivity index (χ1n) is 6.53. The number of nitrogens with one attached hydrogen (secondary N) is 2. The summed E-state index contributed by atoms with van der Waals surface area (Å²) in [6.45, 7) is 1.50. The van der Waals surface area contributed by atoms with E-state index in [1.165, 1.54) is 4.90 Å². The van der Waals surface area contributed by atoms with Crippen LogP contribution in [0.4, 0.5) is 0 Å². The minimum absolute atomic E-state index is 0.637. The maximum Gasteiger partial charge on any atom is 0.191 e. The molecule has 0 atom stereocenters. The third-order valence-corrected chi connectivity index (χ3v) is 3.65. The molecular weight excluding hydrogens is 270 g/mol. The summed E-state index contributed by atoms with van der Waals surface area (Å²) in [7, 11) is 1.77. The maximum atomic E-state index is 5.26. The Morgan fingerprint density at radius 3 is 2.70 bits per heavy atom. The smallest absolute Gasteiger partial charge is 0.191 e. The number of nitrogens with zero attached hydrogens (tertiary/aromatic N) is 1. The van der Waals surface area contributed by atoms with Crippen molar-refractivity contribution in [2.24, 2.45) is 4.99 Å². The van der Waals surface area contributed by atoms with Gasteiger partial charge in [0.1, 0.15) is 5.76 Å². The first kappa shape index (κ1) is 14.5. The standard InChI is InChI=1S/C15H19N3OS/c1-16-15(18-12-13-6-5-10-19-13)17-9-11-20-14-7-3-2-4-8-14/h2-8,10H,9,11-12H2,1H3,(H2,16,17,18). The number of hydrogen-bond acceptors (Lipinski definition) is 3. The van der Waals surface area contributed by atoms with Gasteiger partial charge in [0.05, 0.1) is 12.8 Å². The van der Waals surface area contributed by atoms with Crippen molar-refractivity contribution in [1.82, 2.24) is 10.6 Å². The maximum absolute atomic E-state index is 5.26. The van der Waals surface area contributed by atoms with Crippen molar-refractivity contribution < 1.29 is 4.42 Å². The molecule has 0 spiro atoms. The van der Waals surface area contributed by atoms with Crippen LogP contribution in [0.15, 0.2) is 63.0 Å². The summed E-state index contributed by atoms with van der Waals surface area (Å²) in [4.78, 5) is 5.46. The Bertz CT molecular complexity index is 511. The van der Waals surface area contributed by atoms with Gasteiger partial charge in [0.2, 0.25) is 0 Å². The average Bonchev–Trinajstić information content (AvgIpc) is 3.01. The second-order valence-corrected chi connectivity index (χ2v) is 5.26. The van der Waals surface area contributed by atoms with E-state index >= 15 is 0 Å². The van der Waals surface area contributed by atoms with Gasteiger partial charge in [-0.15, -0.1) is 11.8 Å². The first-order valence-corrected chi connectivity index (χ1v) is 7.52. The van der Waals surface area contributed by atoms with Gasteiger partial charge in [-0.25, -0.2) is 0 Å². The number of rotatable bonds is 6. The lowest BCUT2D eigenvalue weighted by Gasteiger charge is -2.10. The van der Waals surface area contributed by atoms with Crippen LogP contribution in [0.25, 0.3) is 0 Å². The molecule has 1 aromatic heterocycles. The number of thioether (sulfide) groups is 1. The van der Waals surface area contributed by atoms with Crippen molar-refractivity contribution >= 4 is 17.7 Å². The third-order valence-electron chi connectivity index (χ3n) is 2.64. The molecule has 1 aromatic carbocycles. The first-order chi connectivity index (χ1) is 9.88. The van der Waals surface area contributed by atoms with Crippen LogP contribution < -0.4 is 10.6 Å². The lowest BCUT2D eigenvalue weighted by Crippen LogP contribution is -2.37. The Kier molecular flexibility index (Phi) is 6.05. The van der Waals surface area contributed by atoms with E-state index in [2.05, 4.69) is 39.9 Å². The highest BCUT2D eigenvalue weighted by atomic mass is 32.2. The SMILES string of the molecule is CN=C(NCCSc1ccccc1)NCc1ccco1. The average molecular weight is 289 g/mol. The van der Waals surface area contributed by atoms with Gasteiger partial charge in [-0.2, -0.15) is 0 Å². The van der Waals surface area contributed by atoms with Crippen LogP contribution in [-0.2, 0) is 6.54 Å². The number of aliphatic imine (C=N–C) groups is 1. The third kappa shape index (κ3) is 5.01. The summed E-state index contributed by atoms with van der Waals surface area (Å²) >= 11 is 1.82. The molecule has 0 saturated heterocycles. The van der Waals surface area contributed by atoms with Crippen molar-refractivity contribution in [3.8, 4) is 0 Å². The molecular formula is C15H19N3OS. The van der Waals surface area contributed by atoms with Gasteiger partial charge in [-0.1, -0.05) is 18.2 Å². The predicted molar refractivity (Wildman–Crippen MR) is 84.1 cm³/mol. The molecule has 106 valence electrons. The van der Waals surface area contributed by atoms with E-state index in [-0.39, 0.29) is 0 Å². The molecule has 1 heterocycles. The summed E-state index contributed by atoms with van der Waals surface area (Å²) in [5.74, 6) is 2.67. The summed E-state index contributed by atoms with van der Waals surface area (Å²) < 4.78 is 5.26. The summed E-state index contributed by atoms with van der Waals surface area (Å²) in [6.07, 6.45) is 1.67. The molecule has 20 heavy (non-hydrogen) atoms. The van der Waals surface area contributed by atoms with Crippen LogP contribution in [0.1, 0.15) is 5.76 Å². The minimum atomic E-state index is 0.637. The van der Waals surface area contributed by atoms with Crippen molar-refractivity contribution in [3.05, 3.63) is 54.5 Å². The van der Waals surface area contributed by atoms with Gasteiger partial charge in [0.25, 0.3) is 0 Å². The summed E-state index contributed by atoms with van der Waals surface area (Å²) in [5, 5.41) is 6.48. The largest absolute Gasteiger partial charge is 0.467 e. The Morgan fingerprint density at radius 2 is 2.00 bits per heavy atom. The number of hydrogen-bond donors (Lipinski definition) is 2. The Morgan fingerprint density at radius 1 is 1.15 bits per heavy atom. The normalized spacial score (nSPS) is 11.3. The Labute approximate surface area is 123 Å². The molecule has 4 nitrogen and oxygen atoms in total. The number of furan rings is 1. The number of guanidine groups is 1. The van der Waals surface area contributed by atoms with Crippen LogP contribution in [0.3, 0.4) is 0 Å². The van der Waals surface area contributed by atoms with E-state index in [4.69, 9.17) is 4.42 Å². The minimum Gasteiger partial charge on any atom is -0.467 e. The highest BCUT2D eigenvalue weighted by Crippen LogP contribution is 2.15. The predicted octanol–water partition coefficient (Wildman–Crippen LogP) is 2.74. The van der Waals surface area contributed by atoms with Crippen molar-refractivity contribution in [1.29, 1.82) is 0 Å². The zero-order valence-corrected chi connectivity index (χ0v) is 12.3. The molecule has 2 rings (SSSR count). The Hall–Kier alpha value is -1.88. The van der Waals surface area contributed by atoms with Gasteiger partial charge < -0.3 is 15.1 Å². The van der Waals surface area contributed by atoms with E-state index in [9.17, 15) is 0 Å². The monoisotopic (exact) mass is 289 g/mol. The van der Waals surface area contributed by atoms with E-state index in [1.54, 1.807) is 13.3 Å². The van der Waals surface area contributed by atoms with Gasteiger partial charge in [-0.05, 0) is 24.3 Å². The molecule has 0 aliphatic rings. The summed E-state index contributed by atoms with van der Waals surface area (Å²) in [5.41, 5.74) is 0. The van der Waals surface area contributed by atoms with Gasteiger partial charge in [0, 0.05) is 24.2 Å². The van der Waals surface area contributed by atoms with Gasteiger partial charge in [0.15, 0.2) is 5.96 Å². The van der Waals surface area contributed by atoms with Crippen molar-refractivity contribution in [2.75, 3.05) is 19.3 Å². The second-order valence-electron chi connectivity index (χ2n) is 4.09. The molecule has 0 bridgehead atoms. The van der Waals surface area contributed by atoms with Gasteiger partial charge >= 0.3 is 0 Å². The van der Waals surface area contributed by atoms with Gasteiger partial charge in [-0.3, -0.25) is 4.99 Å². The lowest BCUT2D eigenvalue weighted by atomic mass is 10.4. The lowest BCUT2D eigenvalue weighted by molar-refractivity contribution is 0.501. The highest BCUT2D eigenvalue weighted by molar-refractivity contribution is 7.99.